The largest absolute Gasteiger partial charge is 0.349 e. The number of carbonyl (C=O) groups excluding carboxylic acids is 2. The van der Waals surface area contributed by atoms with E-state index in [1.54, 1.807) is 25.1 Å². The predicted octanol–water partition coefficient (Wildman–Crippen LogP) is 0.0489. The number of nitrogens with zero attached hydrogens (tertiary/aromatic N) is 1. The van der Waals surface area contributed by atoms with Crippen LogP contribution in [0.15, 0.2) is 24.3 Å². The maximum absolute atomic E-state index is 14.0. The SMILES string of the molecule is C[C@@H](C(=O)NCC[NH+](C)C)N1C(=O)CS[C@@H]1c1ccccc1F. The normalized spacial score (nSPS) is 19.3. The van der Waals surface area contributed by atoms with E-state index in [4.69, 9.17) is 0 Å². The minimum absolute atomic E-state index is 0.135. The van der Waals surface area contributed by atoms with Crippen LogP contribution in [0.4, 0.5) is 4.39 Å². The second-order valence-corrected chi connectivity index (χ2v) is 6.98. The zero-order valence-corrected chi connectivity index (χ0v) is 14.5. The van der Waals surface area contributed by atoms with E-state index in [2.05, 4.69) is 5.32 Å². The molecule has 1 heterocycles. The lowest BCUT2D eigenvalue weighted by Gasteiger charge is -2.29. The first-order chi connectivity index (χ1) is 10.9. The highest BCUT2D eigenvalue weighted by molar-refractivity contribution is 8.00. The van der Waals surface area contributed by atoms with Gasteiger partial charge in [0.05, 0.1) is 32.9 Å². The van der Waals surface area contributed by atoms with E-state index in [0.717, 1.165) is 6.54 Å². The Balaban J connectivity index is 2.10. The van der Waals surface area contributed by atoms with Crippen LogP contribution in [0.5, 0.6) is 0 Å². The van der Waals surface area contributed by atoms with Crippen LogP contribution in [0.25, 0.3) is 0 Å². The Morgan fingerprint density at radius 1 is 1.48 bits per heavy atom. The van der Waals surface area contributed by atoms with Gasteiger partial charge >= 0.3 is 0 Å². The number of hydrogen-bond donors (Lipinski definition) is 2. The number of likely N-dealkylation sites (N-methyl/N-ethyl adjacent to an activating group) is 1. The second kappa shape index (κ2) is 7.79. The average Bonchev–Trinajstić information content (AvgIpc) is 2.88. The molecule has 1 aromatic carbocycles. The molecule has 0 saturated carbocycles. The highest BCUT2D eigenvalue weighted by Gasteiger charge is 2.39. The lowest BCUT2D eigenvalue weighted by atomic mass is 10.1. The molecular formula is C16H23FN3O2S+. The predicted molar refractivity (Wildman–Crippen MR) is 88.6 cm³/mol. The number of nitrogens with one attached hydrogen (secondary N) is 2. The summed E-state index contributed by atoms with van der Waals surface area (Å²) in [5.74, 6) is -0.431. The van der Waals surface area contributed by atoms with Crippen molar-refractivity contribution in [1.82, 2.24) is 10.2 Å². The molecule has 1 aromatic rings. The van der Waals surface area contributed by atoms with E-state index in [0.29, 0.717) is 12.1 Å². The smallest absolute Gasteiger partial charge is 0.242 e. The van der Waals surface area contributed by atoms with Crippen LogP contribution < -0.4 is 10.2 Å². The molecule has 0 unspecified atom stereocenters. The van der Waals surface area contributed by atoms with E-state index in [9.17, 15) is 14.0 Å². The van der Waals surface area contributed by atoms with Gasteiger partial charge in [-0.2, -0.15) is 0 Å². The average molecular weight is 340 g/mol. The van der Waals surface area contributed by atoms with Gasteiger partial charge in [0.1, 0.15) is 17.2 Å². The van der Waals surface area contributed by atoms with E-state index >= 15 is 0 Å². The Morgan fingerprint density at radius 2 is 2.17 bits per heavy atom. The number of amides is 2. The molecule has 23 heavy (non-hydrogen) atoms. The summed E-state index contributed by atoms with van der Waals surface area (Å²) in [7, 11) is 4.01. The van der Waals surface area contributed by atoms with Crippen molar-refractivity contribution in [3.63, 3.8) is 0 Å². The van der Waals surface area contributed by atoms with Gasteiger partial charge in [-0.25, -0.2) is 4.39 Å². The topological polar surface area (TPSA) is 53.9 Å². The molecule has 7 heteroatoms. The maximum Gasteiger partial charge on any atom is 0.242 e. The Labute approximate surface area is 140 Å². The van der Waals surface area contributed by atoms with Crippen molar-refractivity contribution in [3.8, 4) is 0 Å². The molecule has 2 atom stereocenters. The zero-order chi connectivity index (χ0) is 17.0. The molecule has 5 nitrogen and oxygen atoms in total. The van der Waals surface area contributed by atoms with Gasteiger partial charge in [-0.05, 0) is 13.0 Å². The number of rotatable bonds is 6. The molecule has 1 saturated heterocycles. The Bertz CT molecular complexity index is 582. The lowest BCUT2D eigenvalue weighted by Crippen LogP contribution is -3.06. The summed E-state index contributed by atoms with van der Waals surface area (Å²) in [6.45, 7) is 3.04. The highest BCUT2D eigenvalue weighted by atomic mass is 32.2. The van der Waals surface area contributed by atoms with Gasteiger partial charge in [0.25, 0.3) is 0 Å². The Morgan fingerprint density at radius 3 is 2.83 bits per heavy atom. The van der Waals surface area contributed by atoms with Crippen LogP contribution in [0.3, 0.4) is 0 Å². The number of thioether (sulfide) groups is 1. The monoisotopic (exact) mass is 340 g/mol. The fourth-order valence-corrected chi connectivity index (χ4v) is 3.76. The number of halogens is 1. The molecule has 2 rings (SSSR count). The Kier molecular flexibility index (Phi) is 6.01. The van der Waals surface area contributed by atoms with Crippen molar-refractivity contribution >= 4 is 23.6 Å². The van der Waals surface area contributed by atoms with Crippen molar-refractivity contribution in [2.75, 3.05) is 32.9 Å². The molecule has 1 aliphatic heterocycles. The summed E-state index contributed by atoms with van der Waals surface area (Å²) in [4.78, 5) is 27.2. The first-order valence-corrected chi connectivity index (χ1v) is 8.70. The van der Waals surface area contributed by atoms with E-state index in [-0.39, 0.29) is 23.4 Å². The van der Waals surface area contributed by atoms with Gasteiger partial charge in [0.2, 0.25) is 11.8 Å². The first-order valence-electron chi connectivity index (χ1n) is 7.65. The number of benzene rings is 1. The lowest BCUT2D eigenvalue weighted by molar-refractivity contribution is -0.856. The minimum atomic E-state index is -0.626. The van der Waals surface area contributed by atoms with E-state index in [1.165, 1.54) is 27.6 Å². The molecule has 126 valence electrons. The molecule has 2 amide bonds. The van der Waals surface area contributed by atoms with Gasteiger partial charge in [-0.15, -0.1) is 11.8 Å². The molecular weight excluding hydrogens is 317 g/mol. The van der Waals surface area contributed by atoms with Crippen molar-refractivity contribution in [3.05, 3.63) is 35.6 Å². The van der Waals surface area contributed by atoms with Crippen molar-refractivity contribution in [1.29, 1.82) is 0 Å². The molecule has 1 aliphatic rings. The summed E-state index contributed by atoms with van der Waals surface area (Å²) in [6, 6.07) is 5.77. The number of carbonyl (C=O) groups is 2. The van der Waals surface area contributed by atoms with Crippen molar-refractivity contribution < 1.29 is 18.9 Å². The summed E-state index contributed by atoms with van der Waals surface area (Å²) in [6.07, 6.45) is 0. The molecule has 0 bridgehead atoms. The van der Waals surface area contributed by atoms with Crippen molar-refractivity contribution in [2.45, 2.75) is 18.3 Å². The first kappa shape index (κ1) is 17.7. The van der Waals surface area contributed by atoms with Crippen molar-refractivity contribution in [2.24, 2.45) is 0 Å². The summed E-state index contributed by atoms with van der Waals surface area (Å²) >= 11 is 1.35. The molecule has 0 spiro atoms. The molecule has 0 aliphatic carbocycles. The number of hydrogen-bond acceptors (Lipinski definition) is 3. The van der Waals surface area contributed by atoms with Gasteiger partial charge in [0.15, 0.2) is 0 Å². The quantitative estimate of drug-likeness (QED) is 0.769. The second-order valence-electron chi connectivity index (χ2n) is 5.91. The van der Waals surface area contributed by atoms with Crippen LogP contribution >= 0.6 is 11.8 Å². The summed E-state index contributed by atoms with van der Waals surface area (Å²) in [5, 5.41) is 2.39. The fourth-order valence-electron chi connectivity index (χ4n) is 2.48. The zero-order valence-electron chi connectivity index (χ0n) is 13.6. The highest BCUT2D eigenvalue weighted by Crippen LogP contribution is 2.40. The third-order valence-electron chi connectivity index (χ3n) is 3.80. The Hall–Kier alpha value is -1.60. The molecule has 2 N–H and O–H groups in total. The van der Waals surface area contributed by atoms with E-state index < -0.39 is 11.4 Å². The maximum atomic E-state index is 14.0. The van der Waals surface area contributed by atoms with E-state index in [1.807, 2.05) is 14.1 Å². The standard InChI is InChI=1S/C16H22FN3O2S/c1-11(15(22)18-8-9-19(2)3)20-14(21)10-23-16(20)12-6-4-5-7-13(12)17/h4-7,11,16H,8-10H2,1-3H3,(H,18,22)/p+1/t11-,16+/m0/s1. The van der Waals surface area contributed by atoms with Crippen LogP contribution in [-0.4, -0.2) is 55.7 Å². The minimum Gasteiger partial charge on any atom is -0.349 e. The van der Waals surface area contributed by atoms with Crippen LogP contribution in [0.1, 0.15) is 17.9 Å². The third-order valence-corrected chi connectivity index (χ3v) is 5.01. The van der Waals surface area contributed by atoms with Gasteiger partial charge in [-0.3, -0.25) is 9.59 Å². The number of quaternary nitrogens is 1. The van der Waals surface area contributed by atoms with Crippen LogP contribution in [-0.2, 0) is 9.59 Å². The summed E-state index contributed by atoms with van der Waals surface area (Å²) in [5.41, 5.74) is 0.445. The fraction of sp³-hybridized carbons (Fsp3) is 0.500. The summed E-state index contributed by atoms with van der Waals surface area (Å²) < 4.78 is 14.0. The van der Waals surface area contributed by atoms with Gasteiger partial charge < -0.3 is 15.1 Å². The van der Waals surface area contributed by atoms with Gasteiger partial charge in [0, 0.05) is 5.56 Å². The molecule has 1 fully saturated rings. The third kappa shape index (κ3) is 4.23. The van der Waals surface area contributed by atoms with Crippen LogP contribution in [0.2, 0.25) is 0 Å². The molecule has 0 aromatic heterocycles. The molecule has 0 radical (unpaired) electrons. The van der Waals surface area contributed by atoms with Gasteiger partial charge in [-0.1, -0.05) is 18.2 Å². The van der Waals surface area contributed by atoms with Crippen LogP contribution in [0, 0.1) is 5.82 Å².